The molecule has 0 radical (unpaired) electrons. The van der Waals surface area contributed by atoms with Crippen molar-refractivity contribution in [3.05, 3.63) is 46.5 Å². The topological polar surface area (TPSA) is 72.9 Å². The van der Waals surface area contributed by atoms with Gasteiger partial charge in [0.15, 0.2) is 0 Å². The maximum atomic E-state index is 13.6. The Hall–Kier alpha value is -2.37. The van der Waals surface area contributed by atoms with Gasteiger partial charge in [0.05, 0.1) is 17.4 Å². The Balaban J connectivity index is 2.20. The van der Waals surface area contributed by atoms with Crippen LogP contribution in [0, 0.1) is 19.7 Å². The molecule has 2 aromatic rings. The number of hydrogen-bond acceptors (Lipinski definition) is 3. The van der Waals surface area contributed by atoms with Gasteiger partial charge in [0.2, 0.25) is 0 Å². The first-order chi connectivity index (χ1) is 9.81. The highest BCUT2D eigenvalue weighted by atomic mass is 19.1. The lowest BCUT2D eigenvalue weighted by Gasteiger charge is -2.15. The molecule has 3 N–H and O–H groups in total. The molecular weight excluding hydrogens is 271 g/mol. The average molecular weight is 290 g/mol. The van der Waals surface area contributed by atoms with E-state index >= 15 is 0 Å². The summed E-state index contributed by atoms with van der Waals surface area (Å²) in [5.41, 5.74) is 8.41. The fraction of sp³-hybridized carbons (Fsp3) is 0.333. The number of nitrogens with zero attached hydrogens (tertiary/aromatic N) is 2. The van der Waals surface area contributed by atoms with Crippen LogP contribution in [0.5, 0.6) is 0 Å². The number of aromatic nitrogens is 2. The van der Waals surface area contributed by atoms with Crippen molar-refractivity contribution in [3.8, 4) is 0 Å². The fourth-order valence-electron chi connectivity index (χ4n) is 2.17. The molecule has 1 amide bonds. The largest absolute Gasteiger partial charge is 0.395 e. The molecular formula is C15H19FN4O. The zero-order valence-corrected chi connectivity index (χ0v) is 12.6. The Morgan fingerprint density at radius 1 is 1.43 bits per heavy atom. The van der Waals surface area contributed by atoms with Crippen molar-refractivity contribution in [2.75, 3.05) is 5.73 Å². The van der Waals surface area contributed by atoms with Gasteiger partial charge in [0.25, 0.3) is 5.91 Å². The van der Waals surface area contributed by atoms with E-state index in [0.29, 0.717) is 28.2 Å². The summed E-state index contributed by atoms with van der Waals surface area (Å²) in [4.78, 5) is 12.3. The summed E-state index contributed by atoms with van der Waals surface area (Å²) in [5, 5.41) is 6.92. The maximum Gasteiger partial charge on any atom is 0.272 e. The third-order valence-corrected chi connectivity index (χ3v) is 3.53. The number of aryl methyl sites for hydroxylation is 3. The molecule has 5 nitrogen and oxygen atoms in total. The molecule has 0 saturated heterocycles. The van der Waals surface area contributed by atoms with Crippen molar-refractivity contribution in [2.24, 2.45) is 7.05 Å². The van der Waals surface area contributed by atoms with E-state index in [4.69, 9.17) is 5.73 Å². The van der Waals surface area contributed by atoms with E-state index in [0.717, 1.165) is 0 Å². The number of nitrogens with one attached hydrogen (secondary N) is 1. The Bertz CT molecular complexity index is 693. The van der Waals surface area contributed by atoms with Crippen LogP contribution < -0.4 is 11.1 Å². The molecule has 0 aliphatic rings. The van der Waals surface area contributed by atoms with Crippen LogP contribution in [0.25, 0.3) is 0 Å². The lowest BCUT2D eigenvalue weighted by molar-refractivity contribution is 0.0931. The summed E-state index contributed by atoms with van der Waals surface area (Å²) in [5.74, 6) is -0.617. The number of hydrogen-bond donors (Lipinski definition) is 2. The van der Waals surface area contributed by atoms with Crippen molar-refractivity contribution in [1.82, 2.24) is 15.1 Å². The van der Waals surface area contributed by atoms with E-state index in [9.17, 15) is 9.18 Å². The van der Waals surface area contributed by atoms with E-state index < -0.39 is 0 Å². The average Bonchev–Trinajstić information content (AvgIpc) is 2.66. The van der Waals surface area contributed by atoms with Crippen LogP contribution in [-0.4, -0.2) is 15.7 Å². The van der Waals surface area contributed by atoms with Crippen molar-refractivity contribution in [3.63, 3.8) is 0 Å². The summed E-state index contributed by atoms with van der Waals surface area (Å²) >= 11 is 0. The van der Waals surface area contributed by atoms with Crippen molar-refractivity contribution in [1.29, 1.82) is 0 Å². The van der Waals surface area contributed by atoms with Gasteiger partial charge in [0.1, 0.15) is 11.5 Å². The molecule has 0 aliphatic heterocycles. The predicted octanol–water partition coefficient (Wildman–Crippen LogP) is 2.25. The highest BCUT2D eigenvalue weighted by molar-refractivity contribution is 5.98. The summed E-state index contributed by atoms with van der Waals surface area (Å²) in [7, 11) is 1.66. The smallest absolute Gasteiger partial charge is 0.272 e. The van der Waals surface area contributed by atoms with Crippen molar-refractivity contribution >= 4 is 11.6 Å². The second-order valence-electron chi connectivity index (χ2n) is 5.18. The minimum atomic E-state index is -0.331. The Labute approximate surface area is 123 Å². The highest BCUT2D eigenvalue weighted by Crippen LogP contribution is 2.19. The third-order valence-electron chi connectivity index (χ3n) is 3.53. The van der Waals surface area contributed by atoms with Gasteiger partial charge in [-0.1, -0.05) is 12.1 Å². The maximum absolute atomic E-state index is 13.6. The number of anilines is 1. The number of nitrogen functional groups attached to an aromatic ring is 1. The normalized spacial score (nSPS) is 12.2. The van der Waals surface area contributed by atoms with Gasteiger partial charge in [-0.15, -0.1) is 0 Å². The second kappa shape index (κ2) is 5.55. The molecule has 0 aliphatic carbocycles. The van der Waals surface area contributed by atoms with Gasteiger partial charge in [-0.05, 0) is 38.0 Å². The molecule has 1 aromatic carbocycles. The van der Waals surface area contributed by atoms with Gasteiger partial charge in [0, 0.05) is 7.05 Å². The number of nitrogens with two attached hydrogens (primary N) is 1. The van der Waals surface area contributed by atoms with Crippen LogP contribution in [-0.2, 0) is 7.05 Å². The number of halogens is 1. The highest BCUT2D eigenvalue weighted by Gasteiger charge is 2.20. The minimum absolute atomic E-state index is 0.288. The predicted molar refractivity (Wildman–Crippen MR) is 79.4 cm³/mol. The first kappa shape index (κ1) is 15.0. The van der Waals surface area contributed by atoms with Gasteiger partial charge < -0.3 is 11.1 Å². The van der Waals surface area contributed by atoms with Crippen LogP contribution in [0.1, 0.15) is 40.3 Å². The lowest BCUT2D eigenvalue weighted by atomic mass is 10.1. The van der Waals surface area contributed by atoms with Crippen LogP contribution in [0.15, 0.2) is 18.2 Å². The van der Waals surface area contributed by atoms with Gasteiger partial charge >= 0.3 is 0 Å². The quantitative estimate of drug-likeness (QED) is 0.910. The van der Waals surface area contributed by atoms with E-state index in [2.05, 4.69) is 10.4 Å². The van der Waals surface area contributed by atoms with Gasteiger partial charge in [-0.25, -0.2) is 4.39 Å². The van der Waals surface area contributed by atoms with Gasteiger partial charge in [-0.3, -0.25) is 9.48 Å². The second-order valence-corrected chi connectivity index (χ2v) is 5.18. The summed E-state index contributed by atoms with van der Waals surface area (Å²) < 4.78 is 15.0. The molecule has 0 spiro atoms. The number of rotatable bonds is 3. The zero-order valence-electron chi connectivity index (χ0n) is 12.6. The van der Waals surface area contributed by atoms with Gasteiger partial charge in [-0.2, -0.15) is 5.10 Å². The molecule has 112 valence electrons. The molecule has 1 unspecified atom stereocenters. The van der Waals surface area contributed by atoms with E-state index in [1.54, 1.807) is 40.0 Å². The van der Waals surface area contributed by atoms with Crippen LogP contribution in [0.4, 0.5) is 10.1 Å². The molecule has 0 fully saturated rings. The SMILES string of the molecule is Cc1ccc(C(C)NC(=O)c2c(N)c(C)nn2C)cc1F. The number of carbonyl (C=O) groups excluding carboxylic acids is 1. The summed E-state index contributed by atoms with van der Waals surface area (Å²) in [6.07, 6.45) is 0. The first-order valence-corrected chi connectivity index (χ1v) is 6.67. The van der Waals surface area contributed by atoms with E-state index in [-0.39, 0.29) is 17.8 Å². The van der Waals surface area contributed by atoms with E-state index in [1.165, 1.54) is 10.7 Å². The molecule has 2 rings (SSSR count). The Morgan fingerprint density at radius 3 is 2.62 bits per heavy atom. The molecule has 1 heterocycles. The lowest BCUT2D eigenvalue weighted by Crippen LogP contribution is -2.29. The fourth-order valence-corrected chi connectivity index (χ4v) is 2.17. The minimum Gasteiger partial charge on any atom is -0.395 e. The number of carbonyl (C=O) groups is 1. The molecule has 0 saturated carbocycles. The third kappa shape index (κ3) is 2.89. The van der Waals surface area contributed by atoms with Crippen molar-refractivity contribution in [2.45, 2.75) is 26.8 Å². The molecule has 0 bridgehead atoms. The molecule has 1 atom stereocenters. The van der Waals surface area contributed by atoms with Crippen LogP contribution >= 0.6 is 0 Å². The number of amides is 1. The molecule has 21 heavy (non-hydrogen) atoms. The Kier molecular flexibility index (Phi) is 3.97. The zero-order chi connectivity index (χ0) is 15.7. The van der Waals surface area contributed by atoms with E-state index in [1.807, 2.05) is 0 Å². The molecule has 1 aromatic heterocycles. The molecule has 6 heteroatoms. The summed E-state index contributed by atoms with van der Waals surface area (Å²) in [6, 6.07) is 4.58. The number of benzene rings is 1. The Morgan fingerprint density at radius 2 is 2.10 bits per heavy atom. The first-order valence-electron chi connectivity index (χ1n) is 6.67. The van der Waals surface area contributed by atoms with Crippen LogP contribution in [0.3, 0.4) is 0 Å². The summed E-state index contributed by atoms with van der Waals surface area (Å²) in [6.45, 7) is 5.23. The standard InChI is InChI=1S/C15H19FN4O/c1-8-5-6-11(7-12(8)16)9(2)18-15(21)14-13(17)10(3)19-20(14)4/h5-7,9H,17H2,1-4H3,(H,18,21). The van der Waals surface area contributed by atoms with Crippen molar-refractivity contribution < 1.29 is 9.18 Å². The van der Waals surface area contributed by atoms with Crippen LogP contribution in [0.2, 0.25) is 0 Å². The monoisotopic (exact) mass is 290 g/mol.